The molecule has 1 unspecified atom stereocenters. The minimum Gasteiger partial charge on any atom is -0.481 e. The molecule has 0 spiro atoms. The maximum Gasteiger partial charge on any atom is 0.217 e. The Morgan fingerprint density at radius 2 is 2.33 bits per heavy atom. The predicted molar refractivity (Wildman–Crippen MR) is 72.5 cm³/mol. The summed E-state index contributed by atoms with van der Waals surface area (Å²) in [6, 6.07) is 4.55. The zero-order valence-electron chi connectivity index (χ0n) is 11.1. The summed E-state index contributed by atoms with van der Waals surface area (Å²) in [6.07, 6.45) is 6.85. The molecular weight excluding hydrogens is 226 g/mol. The summed E-state index contributed by atoms with van der Waals surface area (Å²) in [4.78, 5) is 6.74. The van der Waals surface area contributed by atoms with Gasteiger partial charge in [-0.15, -0.1) is 0 Å². The van der Waals surface area contributed by atoms with Crippen LogP contribution in [0.2, 0.25) is 0 Å². The summed E-state index contributed by atoms with van der Waals surface area (Å²) < 4.78 is 5.32. The Bertz CT molecular complexity index is 370. The highest BCUT2D eigenvalue weighted by molar-refractivity contribution is 5.25. The van der Waals surface area contributed by atoms with Crippen LogP contribution in [0, 0.1) is 0 Å². The van der Waals surface area contributed by atoms with Gasteiger partial charge in [0.25, 0.3) is 0 Å². The number of hydrogen-bond acceptors (Lipinski definition) is 4. The van der Waals surface area contributed by atoms with Crippen molar-refractivity contribution < 1.29 is 4.74 Å². The molecule has 1 fully saturated rings. The molecule has 1 saturated heterocycles. The first-order valence-electron chi connectivity index (χ1n) is 6.77. The monoisotopic (exact) mass is 249 g/mol. The number of nitrogens with two attached hydrogens (primary N) is 1. The largest absolute Gasteiger partial charge is 0.481 e. The molecule has 1 aliphatic heterocycles. The van der Waals surface area contributed by atoms with E-state index in [1.165, 1.54) is 25.7 Å². The van der Waals surface area contributed by atoms with Crippen molar-refractivity contribution in [1.29, 1.82) is 0 Å². The highest BCUT2D eigenvalue weighted by Gasteiger charge is 2.20. The van der Waals surface area contributed by atoms with Crippen molar-refractivity contribution >= 4 is 0 Å². The number of likely N-dealkylation sites (tertiary alicyclic amines) is 1. The van der Waals surface area contributed by atoms with E-state index in [1.54, 1.807) is 13.3 Å². The van der Waals surface area contributed by atoms with Gasteiger partial charge in [0.1, 0.15) is 0 Å². The first-order valence-corrected chi connectivity index (χ1v) is 6.77. The molecule has 0 amide bonds. The maximum absolute atomic E-state index is 5.90. The molecule has 0 bridgehead atoms. The van der Waals surface area contributed by atoms with E-state index in [4.69, 9.17) is 10.5 Å². The Labute approximate surface area is 109 Å². The minimum atomic E-state index is 0.498. The van der Waals surface area contributed by atoms with E-state index in [0.29, 0.717) is 6.04 Å². The number of nitrogens with zero attached hydrogens (tertiary/aromatic N) is 2. The van der Waals surface area contributed by atoms with Crippen LogP contribution in [0.1, 0.15) is 31.2 Å². The van der Waals surface area contributed by atoms with E-state index in [-0.39, 0.29) is 0 Å². The standard InChI is InChI=1S/C14H23N3O/c1-18-14-12(6-5-8-16-14)11-17-9-4-2-3-7-13(17)10-15/h5-6,8,13H,2-4,7,9-11,15H2,1H3. The van der Waals surface area contributed by atoms with Gasteiger partial charge >= 0.3 is 0 Å². The third kappa shape index (κ3) is 3.21. The van der Waals surface area contributed by atoms with E-state index in [2.05, 4.69) is 16.0 Å². The summed E-state index contributed by atoms with van der Waals surface area (Å²) in [7, 11) is 1.68. The van der Waals surface area contributed by atoms with E-state index in [9.17, 15) is 0 Å². The second kappa shape index (κ2) is 6.71. The molecule has 2 rings (SSSR count). The topological polar surface area (TPSA) is 51.4 Å². The molecule has 4 nitrogen and oxygen atoms in total. The summed E-state index contributed by atoms with van der Waals surface area (Å²) in [5.74, 6) is 0.734. The average molecular weight is 249 g/mol. The number of rotatable bonds is 4. The second-order valence-corrected chi connectivity index (χ2v) is 4.88. The fraction of sp³-hybridized carbons (Fsp3) is 0.643. The fourth-order valence-corrected chi connectivity index (χ4v) is 2.66. The SMILES string of the molecule is COc1ncccc1CN1CCCCCC1CN. The van der Waals surface area contributed by atoms with Crippen molar-refractivity contribution in [2.24, 2.45) is 5.73 Å². The van der Waals surface area contributed by atoms with Gasteiger partial charge in [0.15, 0.2) is 0 Å². The van der Waals surface area contributed by atoms with Crippen LogP contribution in [0.15, 0.2) is 18.3 Å². The van der Waals surface area contributed by atoms with Gasteiger partial charge in [-0.3, -0.25) is 4.90 Å². The van der Waals surface area contributed by atoms with E-state index >= 15 is 0 Å². The molecule has 1 aromatic heterocycles. The van der Waals surface area contributed by atoms with E-state index < -0.39 is 0 Å². The molecule has 1 aliphatic rings. The van der Waals surface area contributed by atoms with Crippen LogP contribution in [0.4, 0.5) is 0 Å². The fourth-order valence-electron chi connectivity index (χ4n) is 2.66. The Hall–Kier alpha value is -1.13. The lowest BCUT2D eigenvalue weighted by Gasteiger charge is -2.29. The second-order valence-electron chi connectivity index (χ2n) is 4.88. The van der Waals surface area contributed by atoms with Crippen molar-refractivity contribution in [3.8, 4) is 5.88 Å². The van der Waals surface area contributed by atoms with Crippen LogP contribution in [-0.2, 0) is 6.54 Å². The lowest BCUT2D eigenvalue weighted by atomic mass is 10.1. The molecule has 0 saturated carbocycles. The van der Waals surface area contributed by atoms with Crippen LogP contribution in [0.3, 0.4) is 0 Å². The molecule has 1 atom stereocenters. The molecule has 0 radical (unpaired) electrons. The Kier molecular flexibility index (Phi) is 4.96. The van der Waals surface area contributed by atoms with Gasteiger partial charge in [0, 0.05) is 30.9 Å². The van der Waals surface area contributed by atoms with Gasteiger partial charge in [-0.25, -0.2) is 4.98 Å². The third-order valence-electron chi connectivity index (χ3n) is 3.69. The van der Waals surface area contributed by atoms with E-state index in [0.717, 1.165) is 31.1 Å². The summed E-state index contributed by atoms with van der Waals surface area (Å²) in [6.45, 7) is 2.75. The average Bonchev–Trinajstić information content (AvgIpc) is 2.64. The van der Waals surface area contributed by atoms with Crippen LogP contribution in [0.25, 0.3) is 0 Å². The van der Waals surface area contributed by atoms with Gasteiger partial charge < -0.3 is 10.5 Å². The highest BCUT2D eigenvalue weighted by Crippen LogP contribution is 2.22. The van der Waals surface area contributed by atoms with Crippen molar-refractivity contribution in [2.75, 3.05) is 20.2 Å². The molecule has 2 heterocycles. The molecule has 0 aromatic carbocycles. The normalized spacial score (nSPS) is 21.6. The molecule has 100 valence electrons. The Morgan fingerprint density at radius 1 is 1.44 bits per heavy atom. The van der Waals surface area contributed by atoms with Crippen molar-refractivity contribution in [2.45, 2.75) is 38.3 Å². The Morgan fingerprint density at radius 3 is 3.11 bits per heavy atom. The Balaban J connectivity index is 2.10. The lowest BCUT2D eigenvalue weighted by molar-refractivity contribution is 0.193. The lowest BCUT2D eigenvalue weighted by Crippen LogP contribution is -2.39. The number of methoxy groups -OCH3 is 1. The molecular formula is C14H23N3O. The summed E-state index contributed by atoms with van der Waals surface area (Å²) in [5.41, 5.74) is 7.05. The van der Waals surface area contributed by atoms with Gasteiger partial charge in [0.2, 0.25) is 5.88 Å². The van der Waals surface area contributed by atoms with Crippen LogP contribution in [0.5, 0.6) is 5.88 Å². The van der Waals surface area contributed by atoms with Gasteiger partial charge in [0.05, 0.1) is 7.11 Å². The highest BCUT2D eigenvalue weighted by atomic mass is 16.5. The number of ether oxygens (including phenoxy) is 1. The summed E-state index contributed by atoms with van der Waals surface area (Å²) >= 11 is 0. The van der Waals surface area contributed by atoms with Crippen LogP contribution in [-0.4, -0.2) is 36.1 Å². The van der Waals surface area contributed by atoms with Crippen molar-refractivity contribution in [3.05, 3.63) is 23.9 Å². The molecule has 1 aromatic rings. The minimum absolute atomic E-state index is 0.498. The smallest absolute Gasteiger partial charge is 0.217 e. The van der Waals surface area contributed by atoms with Gasteiger partial charge in [-0.2, -0.15) is 0 Å². The molecule has 4 heteroatoms. The van der Waals surface area contributed by atoms with Crippen molar-refractivity contribution in [1.82, 2.24) is 9.88 Å². The first kappa shape index (κ1) is 13.3. The molecule has 0 aliphatic carbocycles. The van der Waals surface area contributed by atoms with Crippen molar-refractivity contribution in [3.63, 3.8) is 0 Å². The van der Waals surface area contributed by atoms with Gasteiger partial charge in [-0.1, -0.05) is 18.9 Å². The van der Waals surface area contributed by atoms with E-state index in [1.807, 2.05) is 6.07 Å². The maximum atomic E-state index is 5.90. The first-order chi connectivity index (χ1) is 8.85. The molecule has 18 heavy (non-hydrogen) atoms. The third-order valence-corrected chi connectivity index (χ3v) is 3.69. The molecule has 2 N–H and O–H groups in total. The number of pyridine rings is 1. The number of aromatic nitrogens is 1. The number of hydrogen-bond donors (Lipinski definition) is 1. The zero-order chi connectivity index (χ0) is 12.8. The van der Waals surface area contributed by atoms with Gasteiger partial charge in [-0.05, 0) is 25.5 Å². The van der Waals surface area contributed by atoms with Crippen LogP contribution >= 0.6 is 0 Å². The quantitative estimate of drug-likeness (QED) is 0.884. The zero-order valence-corrected chi connectivity index (χ0v) is 11.1. The van der Waals surface area contributed by atoms with Crippen LogP contribution < -0.4 is 10.5 Å². The summed E-state index contributed by atoms with van der Waals surface area (Å²) in [5, 5.41) is 0. The predicted octanol–water partition coefficient (Wildman–Crippen LogP) is 1.79.